The van der Waals surface area contributed by atoms with Crippen LogP contribution in [0, 0.1) is 0 Å². The molecule has 0 spiro atoms. The largest absolute Gasteiger partial charge is 0.772 e. The minimum Gasteiger partial charge on any atom is -0.772 e. The summed E-state index contributed by atoms with van der Waals surface area (Å²) in [5.41, 5.74) is 0.0579. The van der Waals surface area contributed by atoms with Gasteiger partial charge < -0.3 is 15.0 Å². The molecule has 1 heterocycles. The highest BCUT2D eigenvalue weighted by Crippen LogP contribution is 2.35. The van der Waals surface area contributed by atoms with E-state index in [0.29, 0.717) is 11.1 Å². The van der Waals surface area contributed by atoms with Crippen molar-refractivity contribution in [3.8, 4) is 16.9 Å². The highest BCUT2D eigenvalue weighted by atomic mass is 32.2. The summed E-state index contributed by atoms with van der Waals surface area (Å²) in [6, 6.07) is 5.02. The van der Waals surface area contributed by atoms with Crippen LogP contribution in [0.2, 0.25) is 0 Å². The molecule has 0 aliphatic heterocycles. The van der Waals surface area contributed by atoms with Gasteiger partial charge in [-0.05, 0) is 44.5 Å². The molecule has 1 aromatic carbocycles. The van der Waals surface area contributed by atoms with Gasteiger partial charge in [0.1, 0.15) is 11.4 Å². The molecule has 27 heavy (non-hydrogen) atoms. The van der Waals surface area contributed by atoms with Gasteiger partial charge in [0.05, 0.1) is 0 Å². The van der Waals surface area contributed by atoms with E-state index in [-0.39, 0.29) is 34.7 Å². The number of phenolic OH excluding ortho intramolecular Hbond substituents is 1. The number of phenols is 1. The molecule has 5 nitrogen and oxygen atoms in total. The molecular formula is C18H20F3N2O3S-. The lowest BCUT2D eigenvalue weighted by Gasteiger charge is -2.22. The van der Waals surface area contributed by atoms with E-state index in [9.17, 15) is 27.0 Å². The van der Waals surface area contributed by atoms with Crippen molar-refractivity contribution in [1.82, 2.24) is 10.3 Å². The van der Waals surface area contributed by atoms with Crippen molar-refractivity contribution in [2.45, 2.75) is 44.8 Å². The first-order valence-corrected chi connectivity index (χ1v) is 9.30. The van der Waals surface area contributed by atoms with Crippen LogP contribution in [-0.2, 0) is 29.6 Å². The molecular weight excluding hydrogens is 381 g/mol. The summed E-state index contributed by atoms with van der Waals surface area (Å²) in [4.78, 5) is 3.40. The number of aromatic hydroxyl groups is 1. The first-order valence-electron chi connectivity index (χ1n) is 8.06. The molecule has 0 saturated carbocycles. The molecule has 2 rings (SSSR count). The van der Waals surface area contributed by atoms with Gasteiger partial charge in [-0.1, -0.05) is 17.1 Å². The van der Waals surface area contributed by atoms with Gasteiger partial charge in [-0.3, -0.25) is 9.19 Å². The van der Waals surface area contributed by atoms with E-state index in [0.717, 1.165) is 12.3 Å². The molecule has 0 bridgehead atoms. The minimum absolute atomic E-state index is 0.131. The van der Waals surface area contributed by atoms with Crippen molar-refractivity contribution >= 4 is 11.1 Å². The van der Waals surface area contributed by atoms with E-state index >= 15 is 0 Å². The fraction of sp³-hybridized carbons (Fsp3) is 0.389. The standard InChI is InChI=1S/C18H21F3N2O3S/c1-17(2,3)23-9-13-6-11(10-27(25)26)7-14(16(13)24)12-4-5-15(22-8-12)18(19,20)21/h4-8,23-24H,9-10H2,1-3H3,(H,25,26)/p-1. The molecule has 1 atom stereocenters. The van der Waals surface area contributed by atoms with Gasteiger partial charge in [0.15, 0.2) is 0 Å². The summed E-state index contributed by atoms with van der Waals surface area (Å²) in [5, 5.41) is 13.8. The van der Waals surface area contributed by atoms with E-state index < -0.39 is 23.0 Å². The first-order chi connectivity index (χ1) is 12.4. The van der Waals surface area contributed by atoms with Crippen LogP contribution in [0.3, 0.4) is 0 Å². The predicted molar refractivity (Wildman–Crippen MR) is 95.6 cm³/mol. The zero-order chi connectivity index (χ0) is 20.4. The van der Waals surface area contributed by atoms with Crippen molar-refractivity contribution in [1.29, 1.82) is 0 Å². The van der Waals surface area contributed by atoms with E-state index in [1.165, 1.54) is 12.1 Å². The molecule has 2 N–H and O–H groups in total. The lowest BCUT2D eigenvalue weighted by molar-refractivity contribution is -0.141. The van der Waals surface area contributed by atoms with Crippen molar-refractivity contribution in [2.75, 3.05) is 0 Å². The van der Waals surface area contributed by atoms with Gasteiger partial charge >= 0.3 is 6.18 Å². The second kappa shape index (κ2) is 7.95. The second-order valence-corrected chi connectivity index (χ2v) is 8.03. The van der Waals surface area contributed by atoms with Gasteiger partial charge in [-0.15, -0.1) is 0 Å². The number of hydrogen-bond donors (Lipinski definition) is 2. The Hall–Kier alpha value is -1.97. The van der Waals surface area contributed by atoms with Crippen molar-refractivity contribution < 1.29 is 27.0 Å². The molecule has 0 aliphatic carbocycles. The van der Waals surface area contributed by atoms with Gasteiger partial charge in [-0.2, -0.15) is 13.2 Å². The van der Waals surface area contributed by atoms with Gasteiger partial charge in [-0.25, -0.2) is 0 Å². The smallest absolute Gasteiger partial charge is 0.433 e. The number of hydrogen-bond acceptors (Lipinski definition) is 5. The third-order valence-electron chi connectivity index (χ3n) is 3.71. The Bertz CT molecular complexity index is 831. The third kappa shape index (κ3) is 6.02. The maximum Gasteiger partial charge on any atom is 0.433 e. The summed E-state index contributed by atoms with van der Waals surface area (Å²) < 4.78 is 60.2. The highest BCUT2D eigenvalue weighted by Gasteiger charge is 2.32. The molecule has 0 radical (unpaired) electrons. The average Bonchev–Trinajstić information content (AvgIpc) is 2.53. The summed E-state index contributed by atoms with van der Waals surface area (Å²) in [6.07, 6.45) is -3.56. The summed E-state index contributed by atoms with van der Waals surface area (Å²) in [7, 11) is 0. The van der Waals surface area contributed by atoms with Crippen molar-refractivity contribution in [3.05, 3.63) is 47.3 Å². The number of nitrogens with one attached hydrogen (secondary N) is 1. The summed E-state index contributed by atoms with van der Waals surface area (Å²) in [5.74, 6) is -0.405. The quantitative estimate of drug-likeness (QED) is 0.746. The summed E-state index contributed by atoms with van der Waals surface area (Å²) in [6.45, 7) is 6.06. The van der Waals surface area contributed by atoms with Gasteiger partial charge in [0.2, 0.25) is 0 Å². The first kappa shape index (κ1) is 21.3. The van der Waals surface area contributed by atoms with Crippen LogP contribution in [0.15, 0.2) is 30.5 Å². The summed E-state index contributed by atoms with van der Waals surface area (Å²) >= 11 is -2.35. The monoisotopic (exact) mass is 401 g/mol. The third-order valence-corrected chi connectivity index (χ3v) is 4.28. The number of benzene rings is 1. The molecule has 0 saturated heterocycles. The van der Waals surface area contributed by atoms with Crippen molar-refractivity contribution in [2.24, 2.45) is 0 Å². The van der Waals surface area contributed by atoms with Crippen molar-refractivity contribution in [3.63, 3.8) is 0 Å². The average molecular weight is 401 g/mol. The number of alkyl halides is 3. The molecule has 1 aromatic heterocycles. The fourth-order valence-electron chi connectivity index (χ4n) is 2.42. The molecule has 0 aliphatic rings. The molecule has 1 unspecified atom stereocenters. The minimum atomic E-state index is -4.57. The van der Waals surface area contributed by atoms with Gasteiger partial charge in [0, 0.05) is 40.7 Å². The number of pyridine rings is 1. The Labute approximate surface area is 157 Å². The molecule has 2 aromatic rings. The van der Waals surface area contributed by atoms with E-state index in [1.54, 1.807) is 6.07 Å². The van der Waals surface area contributed by atoms with E-state index in [1.807, 2.05) is 20.8 Å². The molecule has 148 valence electrons. The Kier molecular flexibility index (Phi) is 6.28. The van der Waals surface area contributed by atoms with Crippen LogP contribution in [0.25, 0.3) is 11.1 Å². The van der Waals surface area contributed by atoms with Crippen LogP contribution in [0.1, 0.15) is 37.6 Å². The fourth-order valence-corrected chi connectivity index (χ4v) is 2.85. The number of aromatic nitrogens is 1. The lowest BCUT2D eigenvalue weighted by atomic mass is 9.98. The normalized spacial score (nSPS) is 13.6. The molecule has 0 fully saturated rings. The van der Waals surface area contributed by atoms with Crippen LogP contribution in [0.5, 0.6) is 5.75 Å². The lowest BCUT2D eigenvalue weighted by Crippen LogP contribution is -2.35. The van der Waals surface area contributed by atoms with E-state index in [4.69, 9.17) is 0 Å². The Balaban J connectivity index is 2.48. The van der Waals surface area contributed by atoms with Crippen LogP contribution >= 0.6 is 0 Å². The second-order valence-electron chi connectivity index (χ2n) is 7.13. The predicted octanol–water partition coefficient (Wildman–Crippen LogP) is 3.74. The molecule has 0 amide bonds. The number of rotatable bonds is 5. The number of halogens is 3. The number of nitrogens with zero attached hydrogens (tertiary/aromatic N) is 1. The Morgan fingerprint density at radius 1 is 1.22 bits per heavy atom. The highest BCUT2D eigenvalue weighted by molar-refractivity contribution is 7.78. The Morgan fingerprint density at radius 3 is 2.37 bits per heavy atom. The zero-order valence-electron chi connectivity index (χ0n) is 15.1. The maximum atomic E-state index is 12.7. The van der Waals surface area contributed by atoms with Crippen LogP contribution in [0.4, 0.5) is 13.2 Å². The SMILES string of the molecule is CC(C)(C)NCc1cc(CS(=O)[O-])cc(-c2ccc(C(F)(F)F)nc2)c1O. The van der Waals surface area contributed by atoms with Gasteiger partial charge in [0.25, 0.3) is 0 Å². The van der Waals surface area contributed by atoms with Crippen LogP contribution in [-0.4, -0.2) is 24.4 Å². The maximum absolute atomic E-state index is 12.7. The van der Waals surface area contributed by atoms with Crippen LogP contribution < -0.4 is 5.32 Å². The zero-order valence-corrected chi connectivity index (χ0v) is 15.9. The Morgan fingerprint density at radius 2 is 1.89 bits per heavy atom. The van der Waals surface area contributed by atoms with E-state index in [2.05, 4.69) is 10.3 Å². The topological polar surface area (TPSA) is 85.3 Å². The molecule has 9 heteroatoms.